The van der Waals surface area contributed by atoms with E-state index in [0.29, 0.717) is 6.29 Å². The third kappa shape index (κ3) is 2.06. The molecule has 76 valence electrons. The maximum absolute atomic E-state index is 12.2. The van der Waals surface area contributed by atoms with Crippen LogP contribution in [-0.2, 0) is 6.18 Å². The summed E-state index contributed by atoms with van der Waals surface area (Å²) in [5.74, 6) is 0. The number of carbonyl (C=O) groups is 1. The topological polar surface area (TPSA) is 43.1 Å². The molecule has 0 amide bonds. The summed E-state index contributed by atoms with van der Waals surface area (Å²) in [7, 11) is 0. The van der Waals surface area contributed by atoms with Crippen molar-refractivity contribution in [3.05, 3.63) is 27.7 Å². The number of hydrogen-bond donors (Lipinski definition) is 1. The highest BCUT2D eigenvalue weighted by Crippen LogP contribution is 2.34. The van der Waals surface area contributed by atoms with Crippen molar-refractivity contribution in [2.24, 2.45) is 0 Å². The lowest BCUT2D eigenvalue weighted by Crippen LogP contribution is -2.07. The van der Waals surface area contributed by atoms with E-state index < -0.39 is 11.7 Å². The summed E-state index contributed by atoms with van der Waals surface area (Å²) in [6, 6.07) is 1.55. The summed E-state index contributed by atoms with van der Waals surface area (Å²) in [5.41, 5.74) is 4.22. The molecule has 0 aliphatic heterocycles. The fourth-order valence-corrected chi connectivity index (χ4v) is 1.50. The summed E-state index contributed by atoms with van der Waals surface area (Å²) >= 11 is 2.84. The fraction of sp³-hybridized carbons (Fsp3) is 0.125. The van der Waals surface area contributed by atoms with Crippen LogP contribution in [0, 0.1) is 0 Å². The smallest absolute Gasteiger partial charge is 0.398 e. The van der Waals surface area contributed by atoms with Gasteiger partial charge in [-0.3, -0.25) is 4.79 Å². The SMILES string of the molecule is Nc1cc(C(F)(F)F)cc(Br)c1C=O. The van der Waals surface area contributed by atoms with Crippen LogP contribution >= 0.6 is 15.9 Å². The van der Waals surface area contributed by atoms with Crippen LogP contribution in [0.2, 0.25) is 0 Å². The number of carbonyl (C=O) groups excluding carboxylic acids is 1. The van der Waals surface area contributed by atoms with Gasteiger partial charge in [0, 0.05) is 10.2 Å². The standard InChI is InChI=1S/C8H5BrF3NO/c9-6-1-4(8(10,11)12)2-7(13)5(6)3-14/h1-3H,13H2. The Morgan fingerprint density at radius 2 is 1.93 bits per heavy atom. The van der Waals surface area contributed by atoms with Gasteiger partial charge in [-0.05, 0) is 28.1 Å². The molecule has 2 N–H and O–H groups in total. The third-order valence-corrected chi connectivity index (χ3v) is 2.26. The van der Waals surface area contributed by atoms with Crippen molar-refractivity contribution in [3.63, 3.8) is 0 Å². The number of alkyl halides is 3. The minimum absolute atomic E-state index is 0.0259. The molecule has 1 aromatic rings. The van der Waals surface area contributed by atoms with Crippen molar-refractivity contribution >= 4 is 27.9 Å². The number of anilines is 1. The lowest BCUT2D eigenvalue weighted by atomic mass is 10.1. The molecule has 0 saturated heterocycles. The van der Waals surface area contributed by atoms with E-state index in [-0.39, 0.29) is 15.7 Å². The zero-order valence-corrected chi connectivity index (χ0v) is 8.32. The van der Waals surface area contributed by atoms with Crippen LogP contribution in [0.1, 0.15) is 15.9 Å². The van der Waals surface area contributed by atoms with Crippen LogP contribution in [-0.4, -0.2) is 6.29 Å². The molecule has 2 nitrogen and oxygen atoms in total. The zero-order valence-electron chi connectivity index (χ0n) is 6.73. The number of benzene rings is 1. The predicted octanol–water partition coefficient (Wildman–Crippen LogP) is 2.86. The van der Waals surface area contributed by atoms with Gasteiger partial charge in [0.1, 0.15) is 0 Å². The van der Waals surface area contributed by atoms with Crippen molar-refractivity contribution in [3.8, 4) is 0 Å². The average molecular weight is 268 g/mol. The van der Waals surface area contributed by atoms with Gasteiger partial charge in [-0.2, -0.15) is 13.2 Å². The second-order valence-electron chi connectivity index (χ2n) is 2.58. The Labute approximate surface area is 86.0 Å². The normalized spacial score (nSPS) is 11.4. The molecule has 0 aliphatic carbocycles. The Hall–Kier alpha value is -1.04. The van der Waals surface area contributed by atoms with Crippen molar-refractivity contribution in [2.75, 3.05) is 5.73 Å². The maximum atomic E-state index is 12.2. The molecule has 1 aromatic carbocycles. The van der Waals surface area contributed by atoms with Crippen molar-refractivity contribution in [1.82, 2.24) is 0 Å². The minimum Gasteiger partial charge on any atom is -0.398 e. The van der Waals surface area contributed by atoms with Gasteiger partial charge in [-0.15, -0.1) is 0 Å². The van der Waals surface area contributed by atoms with E-state index in [9.17, 15) is 18.0 Å². The van der Waals surface area contributed by atoms with Crippen LogP contribution in [0.25, 0.3) is 0 Å². The fourth-order valence-electron chi connectivity index (χ4n) is 0.927. The number of hydrogen-bond acceptors (Lipinski definition) is 2. The molecule has 0 spiro atoms. The van der Waals surface area contributed by atoms with Gasteiger partial charge in [0.2, 0.25) is 0 Å². The van der Waals surface area contributed by atoms with Gasteiger partial charge in [-0.1, -0.05) is 0 Å². The second-order valence-corrected chi connectivity index (χ2v) is 3.43. The van der Waals surface area contributed by atoms with Crippen LogP contribution < -0.4 is 5.73 Å². The van der Waals surface area contributed by atoms with Crippen LogP contribution in [0.4, 0.5) is 18.9 Å². The molecule has 0 fully saturated rings. The van der Waals surface area contributed by atoms with Crippen molar-refractivity contribution in [2.45, 2.75) is 6.18 Å². The van der Waals surface area contributed by atoms with Crippen molar-refractivity contribution < 1.29 is 18.0 Å². The van der Waals surface area contributed by atoms with Gasteiger partial charge < -0.3 is 5.73 Å². The summed E-state index contributed by atoms with van der Waals surface area (Å²) in [6.07, 6.45) is -4.06. The first-order valence-electron chi connectivity index (χ1n) is 3.47. The van der Waals surface area contributed by atoms with Gasteiger partial charge in [-0.25, -0.2) is 0 Å². The molecule has 14 heavy (non-hydrogen) atoms. The maximum Gasteiger partial charge on any atom is 0.416 e. The Morgan fingerprint density at radius 1 is 1.36 bits per heavy atom. The highest BCUT2D eigenvalue weighted by atomic mass is 79.9. The Bertz CT molecular complexity index is 352. The van der Waals surface area contributed by atoms with Gasteiger partial charge in [0.05, 0.1) is 11.1 Å². The monoisotopic (exact) mass is 267 g/mol. The first-order chi connectivity index (χ1) is 6.36. The number of nitrogen functional groups attached to an aromatic ring is 1. The van der Waals surface area contributed by atoms with Crippen LogP contribution in [0.3, 0.4) is 0 Å². The van der Waals surface area contributed by atoms with E-state index in [4.69, 9.17) is 5.73 Å². The number of nitrogens with two attached hydrogens (primary N) is 1. The highest BCUT2D eigenvalue weighted by molar-refractivity contribution is 9.10. The largest absolute Gasteiger partial charge is 0.416 e. The summed E-state index contributed by atoms with van der Waals surface area (Å²) in [5, 5.41) is 0. The molecular formula is C8H5BrF3NO. The molecule has 0 aliphatic rings. The summed E-state index contributed by atoms with van der Waals surface area (Å²) < 4.78 is 36.7. The molecular weight excluding hydrogens is 263 g/mol. The van der Waals surface area contributed by atoms with Gasteiger partial charge in [0.15, 0.2) is 6.29 Å². The van der Waals surface area contributed by atoms with E-state index in [1.54, 1.807) is 0 Å². The van der Waals surface area contributed by atoms with Gasteiger partial charge >= 0.3 is 6.18 Å². The third-order valence-electron chi connectivity index (χ3n) is 1.61. The summed E-state index contributed by atoms with van der Waals surface area (Å²) in [4.78, 5) is 10.4. The molecule has 0 radical (unpaired) electrons. The van der Waals surface area contributed by atoms with E-state index in [1.165, 1.54) is 0 Å². The van der Waals surface area contributed by atoms with Crippen LogP contribution in [0.15, 0.2) is 16.6 Å². The highest BCUT2D eigenvalue weighted by Gasteiger charge is 2.31. The average Bonchev–Trinajstić information content (AvgIpc) is 2.01. The first kappa shape index (κ1) is 11.0. The Kier molecular flexibility index (Phi) is 2.84. The van der Waals surface area contributed by atoms with Crippen LogP contribution in [0.5, 0.6) is 0 Å². The zero-order chi connectivity index (χ0) is 10.9. The van der Waals surface area contributed by atoms with E-state index >= 15 is 0 Å². The molecule has 0 saturated carbocycles. The first-order valence-corrected chi connectivity index (χ1v) is 4.27. The van der Waals surface area contributed by atoms with E-state index in [2.05, 4.69) is 15.9 Å². The quantitative estimate of drug-likeness (QED) is 0.628. The predicted molar refractivity (Wildman–Crippen MR) is 48.9 cm³/mol. The molecule has 0 unspecified atom stereocenters. The number of aldehydes is 1. The molecule has 0 bridgehead atoms. The number of halogens is 4. The molecule has 0 atom stereocenters. The van der Waals surface area contributed by atoms with Gasteiger partial charge in [0.25, 0.3) is 0 Å². The summed E-state index contributed by atoms with van der Waals surface area (Å²) in [6.45, 7) is 0. The Morgan fingerprint density at radius 3 is 2.29 bits per heavy atom. The molecule has 6 heteroatoms. The Balaban J connectivity index is 3.35. The lowest BCUT2D eigenvalue weighted by molar-refractivity contribution is -0.137. The van der Waals surface area contributed by atoms with Crippen molar-refractivity contribution in [1.29, 1.82) is 0 Å². The van der Waals surface area contributed by atoms with E-state index in [0.717, 1.165) is 12.1 Å². The van der Waals surface area contributed by atoms with E-state index in [1.807, 2.05) is 0 Å². The lowest BCUT2D eigenvalue weighted by Gasteiger charge is -2.09. The molecule has 0 heterocycles. The minimum atomic E-state index is -4.46. The molecule has 0 aromatic heterocycles. The molecule has 1 rings (SSSR count). The second kappa shape index (κ2) is 3.61. The number of rotatable bonds is 1.